The average molecular weight is 1120 g/mol. The number of unbranched alkanes of at least 4 members (excludes halogenated alkanes) is 3. The van der Waals surface area contributed by atoms with Crippen molar-refractivity contribution in [3.05, 3.63) is 101 Å². The molecule has 2 fully saturated rings. The predicted octanol–water partition coefficient (Wildman–Crippen LogP) is 7.26. The van der Waals surface area contributed by atoms with Gasteiger partial charge < -0.3 is 46.2 Å². The highest BCUT2D eigenvalue weighted by Gasteiger charge is 2.44. The largest absolute Gasteiger partial charge is 0.494 e. The number of β-amino-alcohol motifs (C(OH)–C–C–N with tert-alkyl or cyclic N) is 1. The van der Waals surface area contributed by atoms with Crippen LogP contribution in [-0.4, -0.2) is 131 Å². The number of methoxy groups -OCH3 is 1. The number of aliphatic hydroxyl groups excluding tert-OH is 1. The van der Waals surface area contributed by atoms with Crippen molar-refractivity contribution in [3.63, 3.8) is 0 Å². The average Bonchev–Trinajstić information content (AvgIpc) is 4.28. The first kappa shape index (κ1) is 58.8. The van der Waals surface area contributed by atoms with E-state index in [4.69, 9.17) is 4.74 Å². The van der Waals surface area contributed by atoms with Gasteiger partial charge in [0.05, 0.1) is 52.3 Å². The van der Waals surface area contributed by atoms with E-state index in [0.29, 0.717) is 72.5 Å². The molecule has 6 N–H and O–H groups in total. The van der Waals surface area contributed by atoms with Crippen LogP contribution in [-0.2, 0) is 26.2 Å². The Morgan fingerprint density at radius 2 is 1.64 bits per heavy atom. The Morgan fingerprint density at radius 1 is 0.889 bits per heavy atom. The highest BCUT2D eigenvalue weighted by atomic mass is 32.1. The molecule has 0 saturated carbocycles. The third-order valence-corrected chi connectivity index (χ3v) is 15.4. The van der Waals surface area contributed by atoms with Crippen LogP contribution in [0.2, 0.25) is 0 Å². The minimum atomic E-state index is -0.909. The zero-order valence-corrected chi connectivity index (χ0v) is 48.0. The standard InChI is InChI=1S/C59H72N14O7S/c1-36(40-21-23-41(24-22-40)53-37(2)63-35-81-53)64-56(77)46-30-42(74)33-73(46)58(79)54(59(3,4)5)67-49(75)16-11-9-10-12-17-50(76)72-28-26-38(27-29-72)18-19-39-20-25-47(61-32-39)66-48-31-45(51(69-68-48)57(78)60-6)65-44-15-13-14-43(52(44)80-8)55-62-34-71(7)70-55/h13-15,20-25,31-32,34-36,38,42,46,54,74H,9-12,16-17,26-30,33H2,1-8H3,(H,60,78)(H,64,77)(H,67,75)(H2,61,65,66,68)/t36-,42+,46-,54+/m0/s1. The third kappa shape index (κ3) is 15.1. The second-order valence-electron chi connectivity index (χ2n) is 21.6. The Hall–Kier alpha value is -8.29. The first-order valence-corrected chi connectivity index (χ1v) is 28.3. The van der Waals surface area contributed by atoms with Gasteiger partial charge in [0.1, 0.15) is 24.2 Å². The molecule has 8 rings (SSSR count). The monoisotopic (exact) mass is 1120 g/mol. The van der Waals surface area contributed by atoms with Crippen molar-refractivity contribution >= 4 is 63.9 Å². The minimum absolute atomic E-state index is 0.00345. The smallest absolute Gasteiger partial charge is 0.273 e. The highest BCUT2D eigenvalue weighted by Crippen LogP contribution is 2.38. The lowest BCUT2D eigenvalue weighted by atomic mass is 9.85. The van der Waals surface area contributed by atoms with Gasteiger partial charge in [-0.2, -0.15) is 5.10 Å². The van der Waals surface area contributed by atoms with Gasteiger partial charge in [0.15, 0.2) is 23.1 Å². The van der Waals surface area contributed by atoms with Crippen LogP contribution in [0.3, 0.4) is 0 Å². The number of aliphatic hydroxyl groups is 1. The molecule has 2 aromatic carbocycles. The molecule has 0 aliphatic carbocycles. The lowest BCUT2D eigenvalue weighted by molar-refractivity contribution is -0.144. The number of hydrogen-bond donors (Lipinski definition) is 6. The van der Waals surface area contributed by atoms with Crippen molar-refractivity contribution in [1.29, 1.82) is 0 Å². The van der Waals surface area contributed by atoms with E-state index in [9.17, 15) is 29.1 Å². The molecule has 6 aromatic rings. The van der Waals surface area contributed by atoms with Gasteiger partial charge in [-0.1, -0.05) is 75.8 Å². The van der Waals surface area contributed by atoms with E-state index in [0.717, 1.165) is 52.9 Å². The van der Waals surface area contributed by atoms with Crippen LogP contribution in [0.1, 0.15) is 119 Å². The molecule has 2 aliphatic heterocycles. The summed E-state index contributed by atoms with van der Waals surface area (Å²) in [6.45, 7) is 10.7. The highest BCUT2D eigenvalue weighted by molar-refractivity contribution is 7.13. The molecule has 426 valence electrons. The normalized spacial score (nSPS) is 16.2. The molecule has 6 heterocycles. The summed E-state index contributed by atoms with van der Waals surface area (Å²) in [5.74, 6) is 7.21. The van der Waals surface area contributed by atoms with Crippen LogP contribution in [0, 0.1) is 30.1 Å². The Bertz CT molecular complexity index is 3250. The number of nitrogens with zero attached hydrogens (tertiary/aromatic N) is 9. The molecule has 0 spiro atoms. The van der Waals surface area contributed by atoms with Gasteiger partial charge in [0.25, 0.3) is 5.91 Å². The summed E-state index contributed by atoms with van der Waals surface area (Å²) < 4.78 is 7.36. The van der Waals surface area contributed by atoms with Crippen LogP contribution < -0.4 is 31.3 Å². The maximum atomic E-state index is 14.2. The summed E-state index contributed by atoms with van der Waals surface area (Å²) in [4.78, 5) is 84.9. The Kier molecular flexibility index (Phi) is 19.5. The van der Waals surface area contributed by atoms with Gasteiger partial charge in [0.2, 0.25) is 23.6 Å². The fraction of sp³-hybridized carbons (Fsp3) is 0.441. The number of benzene rings is 2. The molecular weight excluding hydrogens is 1050 g/mol. The second kappa shape index (κ2) is 26.8. The second-order valence-corrected chi connectivity index (χ2v) is 22.5. The molecular formula is C59H72N14O7S. The number of rotatable bonds is 20. The first-order chi connectivity index (χ1) is 38.9. The molecule has 4 aromatic heterocycles. The van der Waals surface area contributed by atoms with Gasteiger partial charge in [-0.05, 0) is 80.3 Å². The number of pyridine rings is 1. The third-order valence-electron chi connectivity index (χ3n) is 14.5. The molecule has 22 heteroatoms. The van der Waals surface area contributed by atoms with Crippen molar-refractivity contribution in [2.24, 2.45) is 18.4 Å². The van der Waals surface area contributed by atoms with Gasteiger partial charge in [-0.25, -0.2) is 15.0 Å². The maximum absolute atomic E-state index is 14.2. The SMILES string of the molecule is CNC(=O)c1nnc(Nc2ccc(C#CC3CCN(C(=O)CCCCCCC(=O)N[C@H](C(=O)N4C[C@H](O)C[C@H]4C(=O)N[C@@H](C)c4ccc(-c5scnc5C)cc4)C(C)(C)C)CC3)cn2)cc1Nc1cccc(-c2ncn(C)n2)c1OC. The van der Waals surface area contributed by atoms with Crippen molar-refractivity contribution in [3.8, 4) is 39.4 Å². The molecule has 81 heavy (non-hydrogen) atoms. The molecule has 21 nitrogen and oxygen atoms in total. The summed E-state index contributed by atoms with van der Waals surface area (Å²) in [5, 5.41) is 38.6. The van der Waals surface area contributed by atoms with Crippen molar-refractivity contribution < 1.29 is 33.8 Å². The number of hydrogen-bond acceptors (Lipinski definition) is 16. The number of ether oxygens (including phenoxy) is 1. The number of carbonyl (C=O) groups excluding carboxylic acids is 5. The van der Waals surface area contributed by atoms with Crippen LogP contribution >= 0.6 is 11.3 Å². The predicted molar refractivity (Wildman–Crippen MR) is 309 cm³/mol. The Balaban J connectivity index is 0.743. The first-order valence-electron chi connectivity index (χ1n) is 27.4. The van der Waals surface area contributed by atoms with Gasteiger partial charge >= 0.3 is 0 Å². The Labute approximate surface area is 476 Å². The number of anilines is 4. The topological polar surface area (TPSA) is 264 Å². The van der Waals surface area contributed by atoms with Crippen LogP contribution in [0.25, 0.3) is 21.8 Å². The zero-order chi connectivity index (χ0) is 57.8. The van der Waals surface area contributed by atoms with Gasteiger partial charge in [-0.3, -0.25) is 28.7 Å². The number of piperidine rings is 1. The number of aryl methyl sites for hydroxylation is 2. The lowest BCUT2D eigenvalue weighted by Crippen LogP contribution is -2.57. The minimum Gasteiger partial charge on any atom is -0.494 e. The lowest BCUT2D eigenvalue weighted by Gasteiger charge is -2.35. The fourth-order valence-electron chi connectivity index (χ4n) is 9.93. The number of likely N-dealkylation sites (tertiary alicyclic amines) is 2. The Morgan fingerprint density at radius 3 is 2.30 bits per heavy atom. The van der Waals surface area contributed by atoms with E-state index in [1.807, 2.05) is 93.6 Å². The number of aromatic nitrogens is 7. The molecule has 0 bridgehead atoms. The summed E-state index contributed by atoms with van der Waals surface area (Å²) in [5.41, 5.74) is 6.47. The van der Waals surface area contributed by atoms with E-state index >= 15 is 0 Å². The van der Waals surface area contributed by atoms with Crippen molar-refractivity contribution in [2.75, 3.05) is 44.4 Å². The number of para-hydroxylation sites is 1. The number of amides is 5. The summed E-state index contributed by atoms with van der Waals surface area (Å²) in [6.07, 6.45) is 7.53. The van der Waals surface area contributed by atoms with E-state index in [1.165, 1.54) is 11.9 Å². The molecule has 2 saturated heterocycles. The van der Waals surface area contributed by atoms with E-state index in [2.05, 4.69) is 68.7 Å². The number of nitrogens with one attached hydrogen (secondary N) is 5. The summed E-state index contributed by atoms with van der Waals surface area (Å²) in [6, 6.07) is 16.6. The molecule has 5 amide bonds. The zero-order valence-electron chi connectivity index (χ0n) is 47.2. The van der Waals surface area contributed by atoms with Gasteiger partial charge in [-0.15, -0.1) is 21.5 Å². The quantitative estimate of drug-likeness (QED) is 0.0325. The molecule has 2 aliphatic rings. The van der Waals surface area contributed by atoms with E-state index in [1.54, 1.807) is 54.8 Å². The van der Waals surface area contributed by atoms with Crippen LogP contribution in [0.5, 0.6) is 5.75 Å². The summed E-state index contributed by atoms with van der Waals surface area (Å²) >= 11 is 1.57. The number of carbonyl (C=O) groups is 5. The summed E-state index contributed by atoms with van der Waals surface area (Å²) in [7, 11) is 4.84. The van der Waals surface area contributed by atoms with Crippen LogP contribution in [0.4, 0.5) is 23.0 Å². The van der Waals surface area contributed by atoms with E-state index in [-0.39, 0.29) is 54.8 Å². The molecule has 0 radical (unpaired) electrons. The van der Waals surface area contributed by atoms with Crippen LogP contribution in [0.15, 0.2) is 78.7 Å². The molecule has 0 unspecified atom stereocenters. The van der Waals surface area contributed by atoms with Crippen molar-refractivity contribution in [1.82, 2.24) is 60.7 Å². The maximum Gasteiger partial charge on any atom is 0.273 e. The fourth-order valence-corrected chi connectivity index (χ4v) is 10.7. The van der Waals surface area contributed by atoms with Gasteiger partial charge in [0, 0.05) is 76.7 Å². The van der Waals surface area contributed by atoms with Crippen molar-refractivity contribution in [2.45, 2.75) is 117 Å². The van der Waals surface area contributed by atoms with E-state index < -0.39 is 35.4 Å². The number of thiazole rings is 1. The molecule has 4 atom stereocenters.